The van der Waals surface area contributed by atoms with Gasteiger partial charge in [-0.15, -0.1) is 0 Å². The van der Waals surface area contributed by atoms with E-state index in [-0.39, 0.29) is 23.8 Å². The number of benzene rings is 1. The van der Waals surface area contributed by atoms with Gasteiger partial charge < -0.3 is 24.7 Å². The first-order valence-corrected chi connectivity index (χ1v) is 10.6. The lowest BCUT2D eigenvalue weighted by molar-refractivity contribution is -0.143. The number of aromatic amines is 1. The number of nitrogens with zero attached hydrogens (tertiary/aromatic N) is 2. The van der Waals surface area contributed by atoms with E-state index < -0.39 is 23.1 Å². The number of hydrogen-bond acceptors (Lipinski definition) is 7. The number of hydrogen-bond donors (Lipinski definition) is 2. The molecular weight excluding hydrogens is 439 g/mol. The van der Waals surface area contributed by atoms with Crippen LogP contribution >= 0.6 is 0 Å². The molecule has 0 bridgehead atoms. The Balaban J connectivity index is 1.66. The molecule has 3 heterocycles. The lowest BCUT2D eigenvalue weighted by atomic mass is 10.1. The molecule has 0 amide bonds. The lowest BCUT2D eigenvalue weighted by Crippen LogP contribution is -2.43. The fraction of sp³-hybridized carbons (Fsp3) is 0.240. The van der Waals surface area contributed by atoms with Crippen LogP contribution in [0.4, 0.5) is 10.1 Å². The molecule has 0 saturated carbocycles. The van der Waals surface area contributed by atoms with E-state index in [1.807, 2.05) is 38.9 Å². The van der Waals surface area contributed by atoms with E-state index in [9.17, 15) is 14.0 Å². The highest BCUT2D eigenvalue weighted by Crippen LogP contribution is 2.30. The van der Waals surface area contributed by atoms with Crippen molar-refractivity contribution < 1.29 is 23.5 Å². The van der Waals surface area contributed by atoms with E-state index in [1.165, 1.54) is 24.3 Å². The molecule has 2 aromatic heterocycles. The average molecular weight is 464 g/mol. The fourth-order valence-corrected chi connectivity index (χ4v) is 3.15. The van der Waals surface area contributed by atoms with Crippen LogP contribution in [-0.4, -0.2) is 52.9 Å². The van der Waals surface area contributed by atoms with Crippen LogP contribution < -0.4 is 5.32 Å². The van der Waals surface area contributed by atoms with E-state index in [0.29, 0.717) is 16.9 Å². The lowest BCUT2D eigenvalue weighted by Gasteiger charge is -2.31. The second-order valence-corrected chi connectivity index (χ2v) is 8.70. The number of rotatable bonds is 7. The van der Waals surface area contributed by atoms with Crippen molar-refractivity contribution in [2.24, 2.45) is 0 Å². The minimum absolute atomic E-state index is 0.0480. The molecule has 0 fully saturated rings. The van der Waals surface area contributed by atoms with Crippen molar-refractivity contribution in [3.8, 4) is 0 Å². The summed E-state index contributed by atoms with van der Waals surface area (Å²) in [4.78, 5) is 35.4. The highest BCUT2D eigenvalue weighted by atomic mass is 19.1. The van der Waals surface area contributed by atoms with Gasteiger partial charge in [-0.2, -0.15) is 0 Å². The van der Waals surface area contributed by atoms with Crippen molar-refractivity contribution >= 4 is 34.5 Å². The number of carbonyl (C=O) groups is 2. The van der Waals surface area contributed by atoms with Crippen LogP contribution in [-0.2, 0) is 19.1 Å². The molecule has 0 aliphatic carbocycles. The van der Waals surface area contributed by atoms with Gasteiger partial charge in [-0.05, 0) is 70.4 Å². The van der Waals surface area contributed by atoms with E-state index in [0.717, 1.165) is 5.39 Å². The maximum Gasteiger partial charge on any atom is 0.347 e. The summed E-state index contributed by atoms with van der Waals surface area (Å²) in [5.74, 6) is -1.97. The number of halogens is 1. The molecule has 176 valence electrons. The third-order valence-corrected chi connectivity index (χ3v) is 5.73. The summed E-state index contributed by atoms with van der Waals surface area (Å²) in [5.41, 5.74) is 1.07. The second-order valence-electron chi connectivity index (χ2n) is 8.70. The number of Topliss-reactive ketones (excluding diaryl/α,β-unsaturated/α-hetero) is 1. The van der Waals surface area contributed by atoms with Crippen molar-refractivity contribution in [1.82, 2.24) is 14.9 Å². The molecule has 9 heteroatoms. The smallest absolute Gasteiger partial charge is 0.347 e. The quantitative estimate of drug-likeness (QED) is 0.311. The third kappa shape index (κ3) is 4.69. The summed E-state index contributed by atoms with van der Waals surface area (Å²) in [6, 6.07) is 9.10. The molecule has 34 heavy (non-hydrogen) atoms. The van der Waals surface area contributed by atoms with E-state index in [2.05, 4.69) is 15.3 Å². The zero-order valence-electron chi connectivity index (χ0n) is 19.3. The van der Waals surface area contributed by atoms with E-state index in [1.54, 1.807) is 24.5 Å². The number of anilines is 1. The minimum atomic E-state index is -0.812. The Morgan fingerprint density at radius 1 is 1.26 bits per heavy atom. The van der Waals surface area contributed by atoms with Crippen LogP contribution in [0.15, 0.2) is 66.0 Å². The second kappa shape index (κ2) is 9.11. The van der Waals surface area contributed by atoms with E-state index in [4.69, 9.17) is 9.47 Å². The highest BCUT2D eigenvalue weighted by molar-refractivity contribution is 6.26. The average Bonchev–Trinajstić information content (AvgIpc) is 3.35. The summed E-state index contributed by atoms with van der Waals surface area (Å²) < 4.78 is 24.6. The van der Waals surface area contributed by atoms with Crippen LogP contribution in [0.3, 0.4) is 0 Å². The Morgan fingerprint density at radius 2 is 2.00 bits per heavy atom. The Kier molecular flexibility index (Phi) is 6.21. The van der Waals surface area contributed by atoms with Crippen LogP contribution in [0.1, 0.15) is 19.4 Å². The van der Waals surface area contributed by atoms with Gasteiger partial charge in [0.25, 0.3) is 0 Å². The Labute approximate surface area is 196 Å². The normalized spacial score (nSPS) is 15.4. The van der Waals surface area contributed by atoms with Crippen molar-refractivity contribution in [3.05, 3.63) is 77.4 Å². The van der Waals surface area contributed by atoms with Gasteiger partial charge in [0.2, 0.25) is 11.7 Å². The molecule has 2 N–H and O–H groups in total. The SMILES string of the molecule is CN(C)C(C)(C)COC(=O)C1=C(Nc2ccc(F)cc2)O/C(=C\c2c[nH]c3ncccc23)C1=O. The first-order chi connectivity index (χ1) is 16.2. The summed E-state index contributed by atoms with van der Waals surface area (Å²) in [7, 11) is 3.74. The number of likely N-dealkylation sites (N-methyl/N-ethyl adjacent to an activating group) is 1. The number of H-pyrrole nitrogens is 1. The van der Waals surface area contributed by atoms with Crippen molar-refractivity contribution in [2.75, 3.05) is 26.0 Å². The monoisotopic (exact) mass is 464 g/mol. The summed E-state index contributed by atoms with van der Waals surface area (Å²) >= 11 is 0. The molecule has 1 aliphatic rings. The third-order valence-electron chi connectivity index (χ3n) is 5.73. The summed E-state index contributed by atoms with van der Waals surface area (Å²) in [6.45, 7) is 3.89. The number of pyridine rings is 1. The maximum atomic E-state index is 13.3. The van der Waals surface area contributed by atoms with Gasteiger partial charge in [-0.3, -0.25) is 4.79 Å². The minimum Gasteiger partial charge on any atom is -0.460 e. The number of carbonyl (C=O) groups excluding carboxylic acids is 2. The number of ether oxygens (including phenoxy) is 2. The van der Waals surface area contributed by atoms with E-state index >= 15 is 0 Å². The first kappa shape index (κ1) is 23.2. The summed E-state index contributed by atoms with van der Waals surface area (Å²) in [5, 5.41) is 3.69. The number of allylic oxidation sites excluding steroid dienone is 1. The largest absolute Gasteiger partial charge is 0.460 e. The molecule has 1 aliphatic heterocycles. The van der Waals surface area contributed by atoms with Gasteiger partial charge in [-0.25, -0.2) is 14.2 Å². The zero-order valence-corrected chi connectivity index (χ0v) is 19.3. The van der Waals surface area contributed by atoms with Crippen LogP contribution in [0, 0.1) is 5.82 Å². The predicted octanol–water partition coefficient (Wildman–Crippen LogP) is 3.85. The highest BCUT2D eigenvalue weighted by Gasteiger charge is 2.38. The molecule has 0 unspecified atom stereocenters. The predicted molar refractivity (Wildman–Crippen MR) is 126 cm³/mol. The van der Waals surface area contributed by atoms with Crippen molar-refractivity contribution in [1.29, 1.82) is 0 Å². The number of nitrogens with one attached hydrogen (secondary N) is 2. The molecule has 0 atom stereocenters. The topological polar surface area (TPSA) is 96.6 Å². The zero-order chi connectivity index (χ0) is 24.5. The van der Waals surface area contributed by atoms with Gasteiger partial charge >= 0.3 is 5.97 Å². The molecule has 0 saturated heterocycles. The Morgan fingerprint density at radius 3 is 2.71 bits per heavy atom. The summed E-state index contributed by atoms with van der Waals surface area (Å²) in [6.07, 6.45) is 4.89. The number of esters is 1. The van der Waals surface area contributed by atoms with Crippen LogP contribution in [0.2, 0.25) is 0 Å². The van der Waals surface area contributed by atoms with Gasteiger partial charge in [0.15, 0.2) is 11.3 Å². The standard InChI is InChI=1S/C25H25FN4O4/c1-25(2,30(3)4)14-33-24(32)20-21(31)19(12-15-13-28-22-18(15)6-5-11-27-22)34-23(20)29-17-9-7-16(26)8-10-17/h5-13,29H,14H2,1-4H3,(H,27,28)/b19-12-. The van der Waals surface area contributed by atoms with Gasteiger partial charge in [-0.1, -0.05) is 0 Å². The Hall–Kier alpha value is -3.98. The molecular formula is C25H25FN4O4. The van der Waals surface area contributed by atoms with Crippen LogP contribution in [0.5, 0.6) is 0 Å². The van der Waals surface area contributed by atoms with Gasteiger partial charge in [0.1, 0.15) is 18.1 Å². The molecule has 8 nitrogen and oxygen atoms in total. The molecule has 0 spiro atoms. The molecule has 0 radical (unpaired) electrons. The number of ketones is 1. The number of fused-ring (bicyclic) bond motifs is 1. The van der Waals surface area contributed by atoms with Gasteiger partial charge in [0, 0.05) is 34.6 Å². The van der Waals surface area contributed by atoms with Crippen LogP contribution in [0.25, 0.3) is 17.1 Å². The van der Waals surface area contributed by atoms with Gasteiger partial charge in [0.05, 0.1) is 0 Å². The maximum absolute atomic E-state index is 13.3. The molecule has 3 aromatic rings. The molecule has 4 rings (SSSR count). The van der Waals surface area contributed by atoms with Crippen molar-refractivity contribution in [2.45, 2.75) is 19.4 Å². The molecule has 1 aromatic carbocycles. The number of aromatic nitrogens is 2. The van der Waals surface area contributed by atoms with Crippen molar-refractivity contribution in [3.63, 3.8) is 0 Å². The first-order valence-electron chi connectivity index (χ1n) is 10.6. The fourth-order valence-electron chi connectivity index (χ4n) is 3.15. The Bertz CT molecular complexity index is 1310.